The molecule has 0 radical (unpaired) electrons. The Morgan fingerprint density at radius 3 is 2.81 bits per heavy atom. The molecule has 0 bridgehead atoms. The maximum atomic E-state index is 9.01. The average molecular weight is 221 g/mol. The summed E-state index contributed by atoms with van der Waals surface area (Å²) in [5.74, 6) is 0.813. The van der Waals surface area contributed by atoms with E-state index in [0.717, 1.165) is 31.8 Å². The van der Waals surface area contributed by atoms with Crippen LogP contribution in [0.25, 0.3) is 0 Å². The number of aliphatic hydroxyl groups excluding tert-OH is 1. The smallest absolute Gasteiger partial charge is 0.225 e. The van der Waals surface area contributed by atoms with Crippen LogP contribution >= 0.6 is 0 Å². The third kappa shape index (κ3) is 2.32. The Morgan fingerprint density at radius 1 is 1.44 bits per heavy atom. The molecule has 88 valence electrons. The lowest BCUT2D eigenvalue weighted by molar-refractivity contribution is 0.275. The van der Waals surface area contributed by atoms with Crippen LogP contribution in [-0.2, 0) is 6.42 Å². The average Bonchev–Trinajstić information content (AvgIpc) is 2.78. The molecule has 0 saturated carbocycles. The number of anilines is 1. The van der Waals surface area contributed by atoms with Crippen LogP contribution in [0.3, 0.4) is 0 Å². The molecule has 1 fully saturated rings. The van der Waals surface area contributed by atoms with Crippen molar-refractivity contribution in [2.24, 2.45) is 0 Å². The first kappa shape index (κ1) is 11.3. The molecule has 0 amide bonds. The standard InChI is InChI=1S/C12H19N3O/c1-2-10-8-13-12(14-9-10)15-6-3-4-11(15)5-7-16/h8-9,11,16H,2-7H2,1H3. The van der Waals surface area contributed by atoms with Crippen molar-refractivity contribution in [2.75, 3.05) is 18.1 Å². The van der Waals surface area contributed by atoms with E-state index in [2.05, 4.69) is 21.8 Å². The molecule has 1 atom stereocenters. The maximum absolute atomic E-state index is 9.01. The van der Waals surface area contributed by atoms with Crippen LogP contribution in [0.15, 0.2) is 12.4 Å². The quantitative estimate of drug-likeness (QED) is 0.834. The minimum Gasteiger partial charge on any atom is -0.396 e. The maximum Gasteiger partial charge on any atom is 0.225 e. The zero-order chi connectivity index (χ0) is 11.4. The van der Waals surface area contributed by atoms with Crippen molar-refractivity contribution >= 4 is 5.95 Å². The van der Waals surface area contributed by atoms with Gasteiger partial charge in [-0.1, -0.05) is 6.92 Å². The predicted molar refractivity (Wildman–Crippen MR) is 63.5 cm³/mol. The number of nitrogens with zero attached hydrogens (tertiary/aromatic N) is 3. The van der Waals surface area contributed by atoms with Crippen molar-refractivity contribution in [1.82, 2.24) is 9.97 Å². The summed E-state index contributed by atoms with van der Waals surface area (Å²) >= 11 is 0. The Bertz CT molecular complexity index is 326. The van der Waals surface area contributed by atoms with E-state index in [0.29, 0.717) is 6.04 Å². The highest BCUT2D eigenvalue weighted by molar-refractivity contribution is 5.33. The van der Waals surface area contributed by atoms with Gasteiger partial charge in [0, 0.05) is 31.6 Å². The number of rotatable bonds is 4. The number of hydrogen-bond donors (Lipinski definition) is 1. The van der Waals surface area contributed by atoms with Gasteiger partial charge < -0.3 is 10.0 Å². The highest BCUT2D eigenvalue weighted by Crippen LogP contribution is 2.23. The van der Waals surface area contributed by atoms with E-state index in [9.17, 15) is 0 Å². The Kier molecular flexibility index (Phi) is 3.72. The normalized spacial score (nSPS) is 20.4. The fourth-order valence-corrected chi connectivity index (χ4v) is 2.23. The molecule has 16 heavy (non-hydrogen) atoms. The summed E-state index contributed by atoms with van der Waals surface area (Å²) < 4.78 is 0. The van der Waals surface area contributed by atoms with E-state index in [1.165, 1.54) is 12.0 Å². The summed E-state index contributed by atoms with van der Waals surface area (Å²) in [6.07, 6.45) is 7.90. The van der Waals surface area contributed by atoms with Crippen LogP contribution in [0.2, 0.25) is 0 Å². The van der Waals surface area contributed by atoms with Crippen molar-refractivity contribution in [3.05, 3.63) is 18.0 Å². The molecular weight excluding hydrogens is 202 g/mol. The molecule has 1 aromatic rings. The molecule has 4 heteroatoms. The van der Waals surface area contributed by atoms with Crippen LogP contribution in [0.5, 0.6) is 0 Å². The number of aliphatic hydroxyl groups is 1. The molecule has 4 nitrogen and oxygen atoms in total. The summed E-state index contributed by atoms with van der Waals surface area (Å²) in [6, 6.07) is 0.414. The Labute approximate surface area is 96.3 Å². The summed E-state index contributed by atoms with van der Waals surface area (Å²) in [6.45, 7) is 3.35. The second kappa shape index (κ2) is 5.25. The van der Waals surface area contributed by atoms with E-state index in [4.69, 9.17) is 5.11 Å². The molecule has 2 heterocycles. The SMILES string of the molecule is CCc1cnc(N2CCCC2CCO)nc1. The molecule has 1 unspecified atom stereocenters. The Morgan fingerprint density at radius 2 is 2.19 bits per heavy atom. The van der Waals surface area contributed by atoms with Crippen LogP contribution in [0, 0.1) is 0 Å². The summed E-state index contributed by atoms with van der Waals surface area (Å²) in [5.41, 5.74) is 1.17. The zero-order valence-electron chi connectivity index (χ0n) is 9.76. The minimum absolute atomic E-state index is 0.244. The van der Waals surface area contributed by atoms with Gasteiger partial charge in [-0.05, 0) is 31.2 Å². The number of aromatic nitrogens is 2. The highest BCUT2D eigenvalue weighted by Gasteiger charge is 2.25. The van der Waals surface area contributed by atoms with Gasteiger partial charge in [-0.3, -0.25) is 0 Å². The Balaban J connectivity index is 2.09. The minimum atomic E-state index is 0.244. The highest BCUT2D eigenvalue weighted by atomic mass is 16.3. The lowest BCUT2D eigenvalue weighted by atomic mass is 10.1. The first-order valence-electron chi connectivity index (χ1n) is 6.03. The summed E-state index contributed by atoms with van der Waals surface area (Å²) in [7, 11) is 0. The fraction of sp³-hybridized carbons (Fsp3) is 0.667. The predicted octanol–water partition coefficient (Wildman–Crippen LogP) is 1.39. The van der Waals surface area contributed by atoms with Crippen molar-refractivity contribution in [3.63, 3.8) is 0 Å². The van der Waals surface area contributed by atoms with Crippen molar-refractivity contribution in [1.29, 1.82) is 0 Å². The molecule has 0 spiro atoms. The number of aryl methyl sites for hydroxylation is 1. The van der Waals surface area contributed by atoms with Gasteiger partial charge in [-0.2, -0.15) is 0 Å². The van der Waals surface area contributed by atoms with E-state index >= 15 is 0 Å². The molecule has 1 aromatic heterocycles. The van der Waals surface area contributed by atoms with Gasteiger partial charge in [0.2, 0.25) is 5.95 Å². The second-order valence-corrected chi connectivity index (χ2v) is 4.25. The lowest BCUT2D eigenvalue weighted by Gasteiger charge is -2.23. The second-order valence-electron chi connectivity index (χ2n) is 4.25. The van der Waals surface area contributed by atoms with E-state index in [1.54, 1.807) is 0 Å². The van der Waals surface area contributed by atoms with Gasteiger partial charge in [0.25, 0.3) is 0 Å². The molecule has 0 aromatic carbocycles. The van der Waals surface area contributed by atoms with Gasteiger partial charge in [0.1, 0.15) is 0 Å². The van der Waals surface area contributed by atoms with Crippen molar-refractivity contribution in [3.8, 4) is 0 Å². The molecular formula is C12H19N3O. The third-order valence-electron chi connectivity index (χ3n) is 3.20. The fourth-order valence-electron chi connectivity index (χ4n) is 2.23. The summed E-state index contributed by atoms with van der Waals surface area (Å²) in [4.78, 5) is 11.0. The molecule has 1 saturated heterocycles. The summed E-state index contributed by atoms with van der Waals surface area (Å²) in [5, 5.41) is 9.01. The molecule has 2 rings (SSSR count). The van der Waals surface area contributed by atoms with Crippen LogP contribution in [0.4, 0.5) is 5.95 Å². The molecule has 0 aliphatic carbocycles. The third-order valence-corrected chi connectivity index (χ3v) is 3.20. The van der Waals surface area contributed by atoms with Gasteiger partial charge >= 0.3 is 0 Å². The van der Waals surface area contributed by atoms with Crippen LogP contribution in [0.1, 0.15) is 31.7 Å². The zero-order valence-corrected chi connectivity index (χ0v) is 9.76. The monoisotopic (exact) mass is 221 g/mol. The van der Waals surface area contributed by atoms with Gasteiger partial charge in [-0.15, -0.1) is 0 Å². The van der Waals surface area contributed by atoms with E-state index < -0.39 is 0 Å². The van der Waals surface area contributed by atoms with E-state index in [-0.39, 0.29) is 6.61 Å². The number of hydrogen-bond acceptors (Lipinski definition) is 4. The van der Waals surface area contributed by atoms with Gasteiger partial charge in [0.15, 0.2) is 0 Å². The lowest BCUT2D eigenvalue weighted by Crippen LogP contribution is -2.31. The first-order chi connectivity index (χ1) is 7.85. The van der Waals surface area contributed by atoms with Crippen LogP contribution in [-0.4, -0.2) is 34.3 Å². The largest absolute Gasteiger partial charge is 0.396 e. The molecule has 1 N–H and O–H groups in total. The van der Waals surface area contributed by atoms with Gasteiger partial charge in [-0.25, -0.2) is 9.97 Å². The van der Waals surface area contributed by atoms with E-state index in [1.807, 2.05) is 12.4 Å². The van der Waals surface area contributed by atoms with Gasteiger partial charge in [0.05, 0.1) is 0 Å². The van der Waals surface area contributed by atoms with Crippen molar-refractivity contribution < 1.29 is 5.11 Å². The molecule has 1 aliphatic heterocycles. The van der Waals surface area contributed by atoms with Crippen LogP contribution < -0.4 is 4.90 Å². The first-order valence-corrected chi connectivity index (χ1v) is 6.03. The van der Waals surface area contributed by atoms with Crippen molar-refractivity contribution in [2.45, 2.75) is 38.6 Å². The topological polar surface area (TPSA) is 49.2 Å². The molecule has 1 aliphatic rings. The Hall–Kier alpha value is -1.16.